The van der Waals surface area contributed by atoms with Crippen molar-refractivity contribution in [1.29, 1.82) is 0 Å². The number of benzene rings is 2. The number of ether oxygens (including phenoxy) is 4. The van der Waals surface area contributed by atoms with E-state index in [4.69, 9.17) is 33.0 Å². The molecule has 0 aliphatic carbocycles. The molecular formula is C19H16NO8S+. The Morgan fingerprint density at radius 1 is 1.00 bits per heavy atom. The maximum absolute atomic E-state index is 9.01. The Kier molecular flexibility index (Phi) is 4.47. The summed E-state index contributed by atoms with van der Waals surface area (Å²) < 4.78 is 43.7. The lowest BCUT2D eigenvalue weighted by molar-refractivity contribution is -0.686. The molecule has 0 amide bonds. The second-order valence-corrected chi connectivity index (χ2v) is 7.14. The van der Waals surface area contributed by atoms with Crippen LogP contribution < -0.4 is 23.5 Å². The lowest BCUT2D eigenvalue weighted by atomic mass is 9.95. The molecule has 0 bridgehead atoms. The molecule has 0 saturated heterocycles. The molecule has 10 heteroatoms. The van der Waals surface area contributed by atoms with Gasteiger partial charge in [0, 0.05) is 12.5 Å². The average molecular weight is 418 g/mol. The van der Waals surface area contributed by atoms with E-state index in [0.717, 1.165) is 46.7 Å². The Morgan fingerprint density at radius 3 is 2.52 bits per heavy atom. The van der Waals surface area contributed by atoms with Crippen LogP contribution in [-0.4, -0.2) is 27.6 Å². The van der Waals surface area contributed by atoms with Crippen molar-refractivity contribution >= 4 is 22.1 Å². The van der Waals surface area contributed by atoms with Gasteiger partial charge in [0.05, 0.1) is 10.9 Å². The predicted molar refractivity (Wildman–Crippen MR) is 100 cm³/mol. The van der Waals surface area contributed by atoms with Gasteiger partial charge in [-0.15, -0.1) is 4.33 Å². The summed E-state index contributed by atoms with van der Waals surface area (Å²) >= 11 is -2.52. The minimum atomic E-state index is -2.52. The molecule has 1 atom stereocenters. The third-order valence-corrected chi connectivity index (χ3v) is 5.19. The zero-order valence-electron chi connectivity index (χ0n) is 15.0. The third kappa shape index (κ3) is 3.15. The summed E-state index contributed by atoms with van der Waals surface area (Å²) in [6.07, 6.45) is 3.15. The van der Waals surface area contributed by atoms with Gasteiger partial charge < -0.3 is 18.9 Å². The Morgan fingerprint density at radius 2 is 1.72 bits per heavy atom. The number of nitrogens with zero attached hydrogens (tertiary/aromatic N) is 1. The molecule has 6 rings (SSSR count). The largest absolute Gasteiger partial charge is 0.454 e. The number of fused-ring (bicyclic) bond motifs is 7. The van der Waals surface area contributed by atoms with Gasteiger partial charge >= 0.3 is 11.4 Å². The van der Waals surface area contributed by atoms with Crippen LogP contribution in [-0.2, 0) is 28.7 Å². The normalized spacial score (nSPS) is 15.9. The van der Waals surface area contributed by atoms with Gasteiger partial charge in [0.2, 0.25) is 19.3 Å². The number of rotatable bonds is 1. The van der Waals surface area contributed by atoms with Crippen LogP contribution in [0, 0.1) is 0 Å². The van der Waals surface area contributed by atoms with Gasteiger partial charge in [-0.3, -0.25) is 4.55 Å². The second-order valence-electron chi connectivity index (χ2n) is 6.56. The smallest absolute Gasteiger partial charge is 0.330 e. The van der Waals surface area contributed by atoms with Crippen molar-refractivity contribution in [2.24, 2.45) is 0 Å². The number of aromatic nitrogens is 1. The van der Waals surface area contributed by atoms with Gasteiger partial charge in [0.1, 0.15) is 0 Å². The van der Waals surface area contributed by atoms with Crippen molar-refractivity contribution in [1.82, 2.24) is 0 Å². The van der Waals surface area contributed by atoms with Crippen molar-refractivity contribution in [3.8, 4) is 34.3 Å². The van der Waals surface area contributed by atoms with Crippen LogP contribution in [0.4, 0.5) is 0 Å². The SMILES string of the molecule is O=S(O)OO.c1c2c(cc3c1OCO3)-c1cc3ccc4c(c3c[n+]1CC2)OCO4. The first-order valence-electron chi connectivity index (χ1n) is 8.75. The van der Waals surface area contributed by atoms with E-state index in [2.05, 4.69) is 39.4 Å². The summed E-state index contributed by atoms with van der Waals surface area (Å²) in [7, 11) is 0. The lowest BCUT2D eigenvalue weighted by Gasteiger charge is -2.16. The molecule has 3 aromatic rings. The fourth-order valence-corrected chi connectivity index (χ4v) is 3.81. The van der Waals surface area contributed by atoms with E-state index >= 15 is 0 Å². The van der Waals surface area contributed by atoms with E-state index in [1.807, 2.05) is 6.07 Å². The van der Waals surface area contributed by atoms with Crippen molar-refractivity contribution in [2.75, 3.05) is 13.6 Å². The van der Waals surface area contributed by atoms with E-state index in [-0.39, 0.29) is 0 Å². The zero-order valence-corrected chi connectivity index (χ0v) is 15.8. The Bertz CT molecular complexity index is 1150. The highest BCUT2D eigenvalue weighted by Crippen LogP contribution is 2.42. The van der Waals surface area contributed by atoms with Gasteiger partial charge in [-0.1, -0.05) is 0 Å². The van der Waals surface area contributed by atoms with Crippen LogP contribution >= 0.6 is 0 Å². The van der Waals surface area contributed by atoms with E-state index in [1.165, 1.54) is 16.8 Å². The van der Waals surface area contributed by atoms with Gasteiger partial charge in [-0.25, -0.2) is 5.26 Å². The molecule has 3 aliphatic rings. The molecule has 150 valence electrons. The van der Waals surface area contributed by atoms with E-state index in [1.54, 1.807) is 0 Å². The topological polar surface area (TPSA) is 108 Å². The van der Waals surface area contributed by atoms with Crippen molar-refractivity contribution in [3.63, 3.8) is 0 Å². The van der Waals surface area contributed by atoms with E-state index < -0.39 is 11.4 Å². The summed E-state index contributed by atoms with van der Waals surface area (Å²) in [5.41, 5.74) is 3.71. The molecule has 2 aromatic carbocycles. The van der Waals surface area contributed by atoms with Crippen LogP contribution in [0.2, 0.25) is 0 Å². The second kappa shape index (κ2) is 7.16. The van der Waals surface area contributed by atoms with Gasteiger partial charge in [-0.05, 0) is 35.2 Å². The highest BCUT2D eigenvalue weighted by atomic mass is 32.2. The lowest BCUT2D eigenvalue weighted by Crippen LogP contribution is -2.40. The Labute approximate surface area is 167 Å². The van der Waals surface area contributed by atoms with Crippen LogP contribution in [0.15, 0.2) is 36.5 Å². The van der Waals surface area contributed by atoms with Crippen LogP contribution in [0.25, 0.3) is 22.0 Å². The molecule has 1 unspecified atom stereocenters. The fourth-order valence-electron chi connectivity index (χ4n) is 3.81. The molecule has 4 heterocycles. The standard InChI is InChI=1S/C19H14NO4.H2O4S/c1-2-16-19(24-10-21-16)14-8-20-4-3-12-6-17-18(23-9-22-17)7-13(12)15(20)5-11(1)14;1-4-5(2)3/h1-2,5-8H,3-4,9-10H2;1H,(H,2,3)/q+1;. The van der Waals surface area contributed by atoms with Crippen molar-refractivity contribution < 1.29 is 41.9 Å². The molecule has 0 saturated carbocycles. The average Bonchev–Trinajstić information content (AvgIpc) is 3.40. The van der Waals surface area contributed by atoms with Crippen LogP contribution in [0.3, 0.4) is 0 Å². The molecule has 1 aromatic heterocycles. The molecule has 0 spiro atoms. The maximum atomic E-state index is 9.01. The molecule has 0 radical (unpaired) electrons. The van der Waals surface area contributed by atoms with E-state index in [0.29, 0.717) is 13.6 Å². The molecular weight excluding hydrogens is 402 g/mol. The zero-order chi connectivity index (χ0) is 20.0. The van der Waals surface area contributed by atoms with Gasteiger partial charge in [0.25, 0.3) is 0 Å². The molecule has 2 N–H and O–H groups in total. The van der Waals surface area contributed by atoms with Crippen molar-refractivity contribution in [3.05, 3.63) is 42.1 Å². The number of aryl methyl sites for hydroxylation is 2. The number of hydrogen-bond acceptors (Lipinski definition) is 7. The van der Waals surface area contributed by atoms with E-state index in [9.17, 15) is 0 Å². The molecule has 29 heavy (non-hydrogen) atoms. The van der Waals surface area contributed by atoms with Crippen molar-refractivity contribution in [2.45, 2.75) is 13.0 Å². The summed E-state index contributed by atoms with van der Waals surface area (Å²) in [5, 5.41) is 9.34. The quantitative estimate of drug-likeness (QED) is 0.269. The van der Waals surface area contributed by atoms with Crippen LogP contribution in [0.5, 0.6) is 23.0 Å². The Balaban J connectivity index is 0.000000328. The summed E-state index contributed by atoms with van der Waals surface area (Å²) in [6, 6.07) is 10.5. The molecule has 0 fully saturated rings. The summed E-state index contributed by atoms with van der Waals surface area (Å²) in [6.45, 7) is 1.53. The van der Waals surface area contributed by atoms with Gasteiger partial charge in [0.15, 0.2) is 35.7 Å². The summed E-state index contributed by atoms with van der Waals surface area (Å²) in [4.78, 5) is 0. The monoisotopic (exact) mass is 418 g/mol. The first-order valence-corrected chi connectivity index (χ1v) is 9.78. The minimum absolute atomic E-state index is 0.294. The first kappa shape index (κ1) is 18.1. The first-order chi connectivity index (χ1) is 14.1. The fraction of sp³-hybridized carbons (Fsp3) is 0.211. The highest BCUT2D eigenvalue weighted by molar-refractivity contribution is 7.74. The summed E-state index contributed by atoms with van der Waals surface area (Å²) in [5.74, 6) is 3.35. The Hall–Kier alpha value is -2.92. The predicted octanol–water partition coefficient (Wildman–Crippen LogP) is 2.42. The number of hydrogen-bond donors (Lipinski definition) is 2. The maximum Gasteiger partial charge on any atom is 0.330 e. The minimum Gasteiger partial charge on any atom is -0.454 e. The molecule has 9 nitrogen and oxygen atoms in total. The van der Waals surface area contributed by atoms with Gasteiger partial charge in [-0.2, -0.15) is 8.78 Å². The van der Waals surface area contributed by atoms with Crippen LogP contribution in [0.1, 0.15) is 5.56 Å². The third-order valence-electron chi connectivity index (χ3n) is 5.06. The number of pyridine rings is 1. The molecule has 3 aliphatic heterocycles. The highest BCUT2D eigenvalue weighted by Gasteiger charge is 2.29.